The Morgan fingerprint density at radius 1 is 1.00 bits per heavy atom. The van der Waals surface area contributed by atoms with Crippen molar-refractivity contribution in [2.45, 2.75) is 6.42 Å². The van der Waals surface area contributed by atoms with E-state index >= 15 is 0 Å². The quantitative estimate of drug-likeness (QED) is 0.681. The number of hydrogen-bond donors (Lipinski definition) is 1. The van der Waals surface area contributed by atoms with Crippen molar-refractivity contribution in [2.75, 3.05) is 5.73 Å². The monoisotopic (exact) mass is 224 g/mol. The van der Waals surface area contributed by atoms with E-state index in [-0.39, 0.29) is 0 Å². The minimum Gasteiger partial charge on any atom is -0.440 e. The highest BCUT2D eigenvalue weighted by molar-refractivity contribution is 5.72. The molecule has 0 spiro atoms. The number of hydrogen-bond acceptors (Lipinski definition) is 3. The highest BCUT2D eigenvalue weighted by Crippen LogP contribution is 2.17. The van der Waals surface area contributed by atoms with Crippen LogP contribution in [0.5, 0.6) is 0 Å². The molecule has 0 saturated heterocycles. The molecule has 2 N–H and O–H groups in total. The molecule has 0 unspecified atom stereocenters. The number of benzene rings is 2. The summed E-state index contributed by atoms with van der Waals surface area (Å²) in [6, 6.07) is 15.5. The number of fused-ring (bicyclic) bond motifs is 1. The Bertz CT molecular complexity index is 608. The normalized spacial score (nSPS) is 10.8. The first-order chi connectivity index (χ1) is 8.31. The maximum Gasteiger partial charge on any atom is 0.199 e. The van der Waals surface area contributed by atoms with E-state index in [0.717, 1.165) is 28.2 Å². The van der Waals surface area contributed by atoms with Crippen molar-refractivity contribution in [3.63, 3.8) is 0 Å². The van der Waals surface area contributed by atoms with Gasteiger partial charge in [-0.2, -0.15) is 0 Å². The van der Waals surface area contributed by atoms with Crippen molar-refractivity contribution < 1.29 is 4.42 Å². The Kier molecular flexibility index (Phi) is 2.29. The third-order valence-electron chi connectivity index (χ3n) is 2.67. The zero-order chi connectivity index (χ0) is 11.7. The van der Waals surface area contributed by atoms with E-state index in [2.05, 4.69) is 4.98 Å². The summed E-state index contributed by atoms with van der Waals surface area (Å²) in [4.78, 5) is 4.43. The summed E-state index contributed by atoms with van der Waals surface area (Å²) < 4.78 is 5.66. The molecule has 0 aliphatic rings. The maximum absolute atomic E-state index is 5.66. The Morgan fingerprint density at radius 2 is 1.76 bits per heavy atom. The number of para-hydroxylation sites is 2. The molecule has 2 aromatic carbocycles. The van der Waals surface area contributed by atoms with Crippen molar-refractivity contribution in [1.82, 2.24) is 4.98 Å². The van der Waals surface area contributed by atoms with Gasteiger partial charge in [-0.25, -0.2) is 4.98 Å². The van der Waals surface area contributed by atoms with Gasteiger partial charge in [0.2, 0.25) is 0 Å². The van der Waals surface area contributed by atoms with Crippen LogP contribution in [0.3, 0.4) is 0 Å². The summed E-state index contributed by atoms with van der Waals surface area (Å²) in [5, 5.41) is 0. The SMILES string of the molecule is Nc1ccc(Cc2nc3ccccc3o2)cc1. The van der Waals surface area contributed by atoms with Crippen LogP contribution in [0.2, 0.25) is 0 Å². The predicted molar refractivity (Wildman–Crippen MR) is 67.7 cm³/mol. The Morgan fingerprint density at radius 3 is 2.53 bits per heavy atom. The second-order valence-electron chi connectivity index (χ2n) is 3.99. The van der Waals surface area contributed by atoms with E-state index in [4.69, 9.17) is 10.2 Å². The summed E-state index contributed by atoms with van der Waals surface area (Å²) in [6.07, 6.45) is 0.689. The molecule has 0 saturated carbocycles. The number of anilines is 1. The molecule has 3 rings (SSSR count). The first-order valence-corrected chi connectivity index (χ1v) is 5.50. The molecule has 0 bridgehead atoms. The van der Waals surface area contributed by atoms with Crippen LogP contribution in [0.1, 0.15) is 11.5 Å². The summed E-state index contributed by atoms with van der Waals surface area (Å²) in [6.45, 7) is 0. The Balaban J connectivity index is 1.92. The molecule has 0 radical (unpaired) electrons. The van der Waals surface area contributed by atoms with Crippen molar-refractivity contribution in [3.05, 3.63) is 60.0 Å². The molecule has 17 heavy (non-hydrogen) atoms. The van der Waals surface area contributed by atoms with Gasteiger partial charge in [-0.3, -0.25) is 0 Å². The molecule has 1 aromatic heterocycles. The predicted octanol–water partition coefficient (Wildman–Crippen LogP) is 3.00. The van der Waals surface area contributed by atoms with Crippen LogP contribution in [0.15, 0.2) is 52.9 Å². The van der Waals surface area contributed by atoms with Gasteiger partial charge in [0.1, 0.15) is 5.52 Å². The molecule has 3 aromatic rings. The van der Waals surface area contributed by atoms with E-state index in [1.807, 2.05) is 48.5 Å². The molecular weight excluding hydrogens is 212 g/mol. The summed E-state index contributed by atoms with van der Waals surface area (Å²) in [7, 11) is 0. The lowest BCUT2D eigenvalue weighted by Crippen LogP contribution is -1.89. The molecular formula is C14H12N2O. The number of rotatable bonds is 2. The second kappa shape index (κ2) is 3.94. The molecule has 1 heterocycles. The minimum absolute atomic E-state index is 0.689. The molecule has 0 atom stereocenters. The second-order valence-corrected chi connectivity index (χ2v) is 3.99. The molecule has 0 aliphatic carbocycles. The molecule has 0 amide bonds. The van der Waals surface area contributed by atoms with Crippen LogP contribution >= 0.6 is 0 Å². The molecule has 3 nitrogen and oxygen atoms in total. The Labute approximate surface area is 98.9 Å². The maximum atomic E-state index is 5.66. The van der Waals surface area contributed by atoms with Crippen molar-refractivity contribution in [1.29, 1.82) is 0 Å². The highest BCUT2D eigenvalue weighted by atomic mass is 16.3. The fourth-order valence-electron chi connectivity index (χ4n) is 1.81. The summed E-state index contributed by atoms with van der Waals surface area (Å²) in [5.41, 5.74) is 9.29. The zero-order valence-electron chi connectivity index (χ0n) is 9.26. The van der Waals surface area contributed by atoms with Gasteiger partial charge in [-0.15, -0.1) is 0 Å². The minimum atomic E-state index is 0.689. The van der Waals surface area contributed by atoms with E-state index in [1.54, 1.807) is 0 Å². The van der Waals surface area contributed by atoms with Crippen molar-refractivity contribution in [2.24, 2.45) is 0 Å². The largest absolute Gasteiger partial charge is 0.440 e. The van der Waals surface area contributed by atoms with Crippen LogP contribution in [-0.2, 0) is 6.42 Å². The molecule has 0 fully saturated rings. The first-order valence-electron chi connectivity index (χ1n) is 5.50. The van der Waals surface area contributed by atoms with Crippen LogP contribution in [0.4, 0.5) is 5.69 Å². The van der Waals surface area contributed by atoms with Gasteiger partial charge in [0.05, 0.1) is 0 Å². The molecule has 0 aliphatic heterocycles. The fraction of sp³-hybridized carbons (Fsp3) is 0.0714. The molecule has 3 heteroatoms. The third-order valence-corrected chi connectivity index (χ3v) is 2.67. The van der Waals surface area contributed by atoms with Gasteiger partial charge >= 0.3 is 0 Å². The number of nitrogen functional groups attached to an aromatic ring is 1. The summed E-state index contributed by atoms with van der Waals surface area (Å²) in [5.74, 6) is 0.732. The lowest BCUT2D eigenvalue weighted by atomic mass is 10.1. The highest BCUT2D eigenvalue weighted by Gasteiger charge is 2.05. The van der Waals surface area contributed by atoms with Gasteiger partial charge in [0, 0.05) is 12.1 Å². The lowest BCUT2D eigenvalue weighted by molar-refractivity contribution is 0.544. The van der Waals surface area contributed by atoms with Crippen molar-refractivity contribution in [3.8, 4) is 0 Å². The van der Waals surface area contributed by atoms with Crippen LogP contribution in [-0.4, -0.2) is 4.98 Å². The van der Waals surface area contributed by atoms with Crippen molar-refractivity contribution >= 4 is 16.8 Å². The third kappa shape index (κ3) is 1.99. The zero-order valence-corrected chi connectivity index (χ0v) is 9.26. The number of aromatic nitrogens is 1. The van der Waals surface area contributed by atoms with Gasteiger partial charge < -0.3 is 10.2 Å². The van der Waals surface area contributed by atoms with Gasteiger partial charge in [-0.1, -0.05) is 24.3 Å². The average molecular weight is 224 g/mol. The van der Waals surface area contributed by atoms with E-state index in [9.17, 15) is 0 Å². The smallest absolute Gasteiger partial charge is 0.199 e. The number of oxazole rings is 1. The van der Waals surface area contributed by atoms with Gasteiger partial charge in [0.25, 0.3) is 0 Å². The summed E-state index contributed by atoms with van der Waals surface area (Å²) >= 11 is 0. The van der Waals surface area contributed by atoms with Gasteiger partial charge in [-0.05, 0) is 29.8 Å². The van der Waals surface area contributed by atoms with Crippen LogP contribution in [0, 0.1) is 0 Å². The van der Waals surface area contributed by atoms with Gasteiger partial charge in [0.15, 0.2) is 11.5 Å². The van der Waals surface area contributed by atoms with E-state index in [0.29, 0.717) is 6.42 Å². The Hall–Kier alpha value is -2.29. The van der Waals surface area contributed by atoms with Crippen LogP contribution < -0.4 is 5.73 Å². The number of nitrogens with two attached hydrogens (primary N) is 1. The van der Waals surface area contributed by atoms with Crippen LogP contribution in [0.25, 0.3) is 11.1 Å². The number of nitrogens with zero attached hydrogens (tertiary/aromatic N) is 1. The average Bonchev–Trinajstić information content (AvgIpc) is 2.74. The van der Waals surface area contributed by atoms with E-state index in [1.165, 1.54) is 0 Å². The van der Waals surface area contributed by atoms with E-state index < -0.39 is 0 Å². The molecule has 84 valence electrons. The lowest BCUT2D eigenvalue weighted by Gasteiger charge is -1.97. The first kappa shape index (κ1) is 9.90. The topological polar surface area (TPSA) is 52.0 Å². The fourth-order valence-corrected chi connectivity index (χ4v) is 1.81. The standard InChI is InChI=1S/C14H12N2O/c15-11-7-5-10(6-8-11)9-14-16-12-3-1-2-4-13(12)17-14/h1-8H,9,15H2.